The number of ether oxygens (including phenoxy) is 4. The fourth-order valence-corrected chi connectivity index (χ4v) is 4.38. The van der Waals surface area contributed by atoms with Crippen molar-refractivity contribution in [2.75, 3.05) is 11.5 Å². The summed E-state index contributed by atoms with van der Waals surface area (Å²) < 4.78 is 21.9. The van der Waals surface area contributed by atoms with E-state index in [1.165, 1.54) is 0 Å². The Hall–Kier alpha value is -3.20. The summed E-state index contributed by atoms with van der Waals surface area (Å²) >= 11 is 0. The predicted octanol–water partition coefficient (Wildman–Crippen LogP) is 1.74. The fraction of sp³-hybridized carbons (Fsp3) is 0.455. The van der Waals surface area contributed by atoms with Gasteiger partial charge in [-0.3, -0.25) is 19.2 Å². The van der Waals surface area contributed by atoms with Crippen LogP contribution in [-0.2, 0) is 33.4 Å². The monoisotopic (exact) mass is 429 g/mol. The molecule has 9 heteroatoms. The fourth-order valence-electron chi connectivity index (χ4n) is 4.38. The average Bonchev–Trinajstić information content (AvgIpc) is 3.37. The summed E-state index contributed by atoms with van der Waals surface area (Å²) in [6, 6.07) is 6.67. The highest BCUT2D eigenvalue weighted by atomic mass is 16.7. The summed E-state index contributed by atoms with van der Waals surface area (Å²) in [6.07, 6.45) is 1.87. The number of carbonyl (C=O) groups excluding carboxylic acids is 4. The highest BCUT2D eigenvalue weighted by molar-refractivity contribution is 6.23. The minimum atomic E-state index is -1.56. The smallest absolute Gasteiger partial charge is 0.305 e. The standard InChI is InChI=1S/C22H23NO8/c1-4-11-28-15-7-5-14(6-8-15)23-19(26)17-16-9-10-22(31-16,18(17)20(23)27)21(29-12(2)24)30-13(3)25/h5-10,16-18,21H,4,11H2,1-3H3/t16-,17+,18+,22-/m1/s1. The molecule has 31 heavy (non-hydrogen) atoms. The van der Waals surface area contributed by atoms with Crippen LogP contribution >= 0.6 is 0 Å². The molecule has 0 radical (unpaired) electrons. The van der Waals surface area contributed by atoms with E-state index in [9.17, 15) is 19.2 Å². The zero-order valence-electron chi connectivity index (χ0n) is 17.4. The Morgan fingerprint density at radius 1 is 1.10 bits per heavy atom. The van der Waals surface area contributed by atoms with Gasteiger partial charge in [-0.15, -0.1) is 0 Å². The van der Waals surface area contributed by atoms with Crippen LogP contribution in [-0.4, -0.2) is 48.4 Å². The van der Waals surface area contributed by atoms with E-state index in [0.717, 1.165) is 25.2 Å². The van der Waals surface area contributed by atoms with Crippen molar-refractivity contribution in [2.45, 2.75) is 45.2 Å². The largest absolute Gasteiger partial charge is 0.494 e. The number of amides is 2. The lowest BCUT2D eigenvalue weighted by Gasteiger charge is -2.34. The number of fused-ring (bicyclic) bond motifs is 5. The van der Waals surface area contributed by atoms with E-state index in [4.69, 9.17) is 18.9 Å². The van der Waals surface area contributed by atoms with Gasteiger partial charge < -0.3 is 18.9 Å². The number of imide groups is 1. The van der Waals surface area contributed by atoms with Crippen LogP contribution < -0.4 is 9.64 Å². The van der Waals surface area contributed by atoms with Crippen molar-refractivity contribution < 1.29 is 38.1 Å². The minimum Gasteiger partial charge on any atom is -0.494 e. The number of carbonyl (C=O) groups is 4. The van der Waals surface area contributed by atoms with Crippen LogP contribution in [0.15, 0.2) is 36.4 Å². The number of hydrogen-bond donors (Lipinski definition) is 0. The molecule has 3 aliphatic rings. The van der Waals surface area contributed by atoms with Crippen molar-refractivity contribution in [3.8, 4) is 5.75 Å². The summed E-state index contributed by atoms with van der Waals surface area (Å²) in [7, 11) is 0. The second-order valence-corrected chi connectivity index (χ2v) is 7.70. The van der Waals surface area contributed by atoms with Crippen LogP contribution in [0.2, 0.25) is 0 Å². The zero-order valence-corrected chi connectivity index (χ0v) is 17.4. The number of rotatable bonds is 7. The van der Waals surface area contributed by atoms with Crippen molar-refractivity contribution >= 4 is 29.4 Å². The van der Waals surface area contributed by atoms with E-state index in [0.29, 0.717) is 18.0 Å². The van der Waals surface area contributed by atoms with Gasteiger partial charge in [-0.1, -0.05) is 13.0 Å². The Bertz CT molecular complexity index is 939. The summed E-state index contributed by atoms with van der Waals surface area (Å²) in [5, 5.41) is 0. The van der Waals surface area contributed by atoms with Gasteiger partial charge in [-0.25, -0.2) is 4.90 Å². The molecule has 0 aliphatic carbocycles. The van der Waals surface area contributed by atoms with E-state index in [1.54, 1.807) is 36.4 Å². The van der Waals surface area contributed by atoms with Crippen molar-refractivity contribution in [3.63, 3.8) is 0 Å². The second-order valence-electron chi connectivity index (χ2n) is 7.70. The summed E-state index contributed by atoms with van der Waals surface area (Å²) in [5.41, 5.74) is -1.16. The van der Waals surface area contributed by atoms with Gasteiger partial charge in [0, 0.05) is 13.8 Å². The number of benzene rings is 1. The predicted molar refractivity (Wildman–Crippen MR) is 106 cm³/mol. The minimum absolute atomic E-state index is 0.402. The van der Waals surface area contributed by atoms with Crippen LogP contribution in [0.5, 0.6) is 5.75 Å². The highest BCUT2D eigenvalue weighted by Gasteiger charge is 2.72. The molecule has 164 valence electrons. The van der Waals surface area contributed by atoms with Crippen LogP contribution in [0.25, 0.3) is 0 Å². The Balaban J connectivity index is 1.65. The zero-order chi connectivity index (χ0) is 22.3. The van der Waals surface area contributed by atoms with Crippen molar-refractivity contribution in [1.29, 1.82) is 0 Å². The summed E-state index contributed by atoms with van der Waals surface area (Å²) in [4.78, 5) is 51.0. The maximum absolute atomic E-state index is 13.4. The molecule has 4 atom stereocenters. The molecule has 2 amide bonds. The van der Waals surface area contributed by atoms with Gasteiger partial charge in [0.1, 0.15) is 5.75 Å². The molecule has 2 saturated heterocycles. The lowest BCUT2D eigenvalue weighted by molar-refractivity contribution is -0.226. The first kappa shape index (κ1) is 21.0. The normalized spacial score (nSPS) is 28.3. The molecule has 0 spiro atoms. The van der Waals surface area contributed by atoms with Gasteiger partial charge in [0.15, 0.2) is 5.60 Å². The van der Waals surface area contributed by atoms with Crippen molar-refractivity contribution in [3.05, 3.63) is 36.4 Å². The van der Waals surface area contributed by atoms with E-state index >= 15 is 0 Å². The lowest BCUT2D eigenvalue weighted by atomic mass is 9.76. The Morgan fingerprint density at radius 3 is 2.32 bits per heavy atom. The van der Waals surface area contributed by atoms with Gasteiger partial charge in [0.2, 0.25) is 11.8 Å². The number of esters is 2. The first-order valence-electron chi connectivity index (χ1n) is 10.1. The molecule has 0 saturated carbocycles. The molecule has 3 heterocycles. The highest BCUT2D eigenvalue weighted by Crippen LogP contribution is 2.54. The van der Waals surface area contributed by atoms with Crippen molar-refractivity contribution in [2.24, 2.45) is 11.8 Å². The molecule has 0 aromatic heterocycles. The van der Waals surface area contributed by atoms with Crippen LogP contribution in [0.3, 0.4) is 0 Å². The van der Waals surface area contributed by atoms with Crippen LogP contribution in [0.4, 0.5) is 5.69 Å². The third-order valence-corrected chi connectivity index (χ3v) is 5.56. The second kappa shape index (κ2) is 7.81. The van der Waals surface area contributed by atoms with Crippen LogP contribution in [0, 0.1) is 11.8 Å². The Morgan fingerprint density at radius 2 is 1.74 bits per heavy atom. The molecule has 1 aromatic carbocycles. The van der Waals surface area contributed by atoms with Gasteiger partial charge in [-0.2, -0.15) is 0 Å². The number of nitrogens with zero attached hydrogens (tertiary/aromatic N) is 1. The topological polar surface area (TPSA) is 108 Å². The molecule has 2 fully saturated rings. The van der Waals surface area contributed by atoms with E-state index in [2.05, 4.69) is 0 Å². The van der Waals surface area contributed by atoms with E-state index < -0.39 is 53.6 Å². The maximum Gasteiger partial charge on any atom is 0.305 e. The van der Waals surface area contributed by atoms with Crippen molar-refractivity contribution in [1.82, 2.24) is 0 Å². The maximum atomic E-state index is 13.4. The van der Waals surface area contributed by atoms with E-state index in [1.807, 2.05) is 6.92 Å². The van der Waals surface area contributed by atoms with Gasteiger partial charge >= 0.3 is 11.9 Å². The molecular formula is C22H23NO8. The number of hydrogen-bond acceptors (Lipinski definition) is 8. The molecule has 9 nitrogen and oxygen atoms in total. The number of anilines is 1. The molecule has 3 aliphatic heterocycles. The third-order valence-electron chi connectivity index (χ3n) is 5.56. The quantitative estimate of drug-likeness (QED) is 0.279. The molecule has 0 N–H and O–H groups in total. The van der Waals surface area contributed by atoms with Gasteiger partial charge in [-0.05, 0) is 36.8 Å². The first-order valence-corrected chi connectivity index (χ1v) is 10.1. The third kappa shape index (κ3) is 3.38. The van der Waals surface area contributed by atoms with Gasteiger partial charge in [0.25, 0.3) is 6.29 Å². The molecule has 4 rings (SSSR count). The summed E-state index contributed by atoms with van der Waals surface area (Å²) in [6.45, 7) is 4.87. The molecular weight excluding hydrogens is 406 g/mol. The average molecular weight is 429 g/mol. The lowest BCUT2D eigenvalue weighted by Crippen LogP contribution is -2.52. The Labute approximate surface area is 178 Å². The van der Waals surface area contributed by atoms with Gasteiger partial charge in [0.05, 0.1) is 30.2 Å². The molecule has 2 bridgehead atoms. The first-order chi connectivity index (χ1) is 14.8. The van der Waals surface area contributed by atoms with Crippen LogP contribution in [0.1, 0.15) is 27.2 Å². The SMILES string of the molecule is CCCOc1ccc(N2C(=O)[C@@H]3[C@@H](C2=O)[C@@]2(C(OC(C)=O)OC(C)=O)C=C[C@H]3O2)cc1. The van der Waals surface area contributed by atoms with E-state index in [-0.39, 0.29) is 0 Å². The Kier molecular flexibility index (Phi) is 5.30. The molecule has 0 unspecified atom stereocenters. The summed E-state index contributed by atoms with van der Waals surface area (Å²) in [5.74, 6) is -3.50. The molecule has 1 aromatic rings.